The average Bonchev–Trinajstić information content (AvgIpc) is 2.36. The zero-order valence-corrected chi connectivity index (χ0v) is 11.0. The third kappa shape index (κ3) is 3.02. The number of H-pyrrole nitrogens is 1. The van der Waals surface area contributed by atoms with Crippen molar-refractivity contribution in [3.05, 3.63) is 34.2 Å². The summed E-state index contributed by atoms with van der Waals surface area (Å²) in [7, 11) is 0. The van der Waals surface area contributed by atoms with Crippen molar-refractivity contribution < 1.29 is 14.6 Å². The quantitative estimate of drug-likeness (QED) is 0.788. The van der Waals surface area contributed by atoms with E-state index in [-0.39, 0.29) is 24.6 Å². The van der Waals surface area contributed by atoms with Crippen LogP contribution >= 0.6 is 0 Å². The second-order valence-corrected chi connectivity index (χ2v) is 5.28. The van der Waals surface area contributed by atoms with Crippen molar-refractivity contribution in [2.75, 3.05) is 19.7 Å². The van der Waals surface area contributed by atoms with Crippen molar-refractivity contribution >= 4 is 5.91 Å². The summed E-state index contributed by atoms with van der Waals surface area (Å²) in [5.41, 5.74) is -0.836. The summed E-state index contributed by atoms with van der Waals surface area (Å²) in [4.78, 5) is 28.0. The second kappa shape index (κ2) is 5.14. The van der Waals surface area contributed by atoms with Gasteiger partial charge in [-0.05, 0) is 26.0 Å². The number of aliphatic hydroxyl groups excluding tert-OH is 1. The standard InChI is InChI=1S/C13H18N2O4/c1-13(2)8-15(6-9(7-16)19-13)12(18)10-4-3-5-14-11(10)17/h3-5,9,16H,6-8H2,1-2H3,(H,14,17). The number of hydrogen-bond donors (Lipinski definition) is 2. The van der Waals surface area contributed by atoms with Gasteiger partial charge in [-0.3, -0.25) is 9.59 Å². The second-order valence-electron chi connectivity index (χ2n) is 5.28. The molecule has 6 heteroatoms. The summed E-state index contributed by atoms with van der Waals surface area (Å²) in [5, 5.41) is 9.22. The van der Waals surface area contributed by atoms with Crippen molar-refractivity contribution in [3.63, 3.8) is 0 Å². The first-order chi connectivity index (χ1) is 8.93. The van der Waals surface area contributed by atoms with Crippen LogP contribution < -0.4 is 5.56 Å². The highest BCUT2D eigenvalue weighted by atomic mass is 16.5. The number of aromatic nitrogens is 1. The number of nitrogens with zero attached hydrogens (tertiary/aromatic N) is 1. The zero-order valence-electron chi connectivity index (χ0n) is 11.0. The van der Waals surface area contributed by atoms with Gasteiger partial charge in [0, 0.05) is 19.3 Å². The number of ether oxygens (including phenoxy) is 1. The topological polar surface area (TPSA) is 82.6 Å². The summed E-state index contributed by atoms with van der Waals surface area (Å²) in [6, 6.07) is 3.11. The Labute approximate surface area is 111 Å². The van der Waals surface area contributed by atoms with Gasteiger partial charge in [0.2, 0.25) is 0 Å². The van der Waals surface area contributed by atoms with Crippen molar-refractivity contribution in [1.29, 1.82) is 0 Å². The number of hydrogen-bond acceptors (Lipinski definition) is 4. The molecule has 104 valence electrons. The van der Waals surface area contributed by atoms with Crippen LogP contribution in [0.3, 0.4) is 0 Å². The summed E-state index contributed by atoms with van der Waals surface area (Å²) >= 11 is 0. The minimum absolute atomic E-state index is 0.108. The van der Waals surface area contributed by atoms with E-state index in [4.69, 9.17) is 4.74 Å². The van der Waals surface area contributed by atoms with Gasteiger partial charge < -0.3 is 19.7 Å². The number of carbonyl (C=O) groups excluding carboxylic acids is 1. The molecule has 1 aromatic rings. The first-order valence-electron chi connectivity index (χ1n) is 6.18. The minimum Gasteiger partial charge on any atom is -0.394 e. The molecular formula is C13H18N2O4. The number of aromatic amines is 1. The molecule has 0 aliphatic carbocycles. The maximum Gasteiger partial charge on any atom is 0.260 e. The molecule has 2 heterocycles. The number of rotatable bonds is 2. The molecule has 2 rings (SSSR count). The Morgan fingerprint density at radius 1 is 1.63 bits per heavy atom. The first kappa shape index (κ1) is 13.8. The molecule has 19 heavy (non-hydrogen) atoms. The fraction of sp³-hybridized carbons (Fsp3) is 0.538. The molecule has 0 aromatic carbocycles. The third-order valence-electron chi connectivity index (χ3n) is 3.02. The van der Waals surface area contributed by atoms with Crippen LogP contribution in [-0.2, 0) is 4.74 Å². The molecule has 0 saturated carbocycles. The van der Waals surface area contributed by atoms with E-state index in [0.717, 1.165) is 0 Å². The highest BCUT2D eigenvalue weighted by molar-refractivity contribution is 5.93. The molecule has 1 fully saturated rings. The first-order valence-corrected chi connectivity index (χ1v) is 6.18. The highest BCUT2D eigenvalue weighted by Crippen LogP contribution is 2.21. The molecule has 0 spiro atoms. The number of morpholine rings is 1. The van der Waals surface area contributed by atoms with E-state index >= 15 is 0 Å². The summed E-state index contributed by atoms with van der Waals surface area (Å²) < 4.78 is 5.64. The van der Waals surface area contributed by atoms with E-state index in [0.29, 0.717) is 6.54 Å². The Kier molecular flexibility index (Phi) is 3.73. The Morgan fingerprint density at radius 3 is 3.00 bits per heavy atom. The van der Waals surface area contributed by atoms with E-state index < -0.39 is 17.3 Å². The lowest BCUT2D eigenvalue weighted by atomic mass is 10.0. The molecule has 0 bridgehead atoms. The summed E-state index contributed by atoms with van der Waals surface area (Å²) in [6.45, 7) is 4.22. The van der Waals surface area contributed by atoms with Gasteiger partial charge in [0.15, 0.2) is 0 Å². The summed E-state index contributed by atoms with van der Waals surface area (Å²) in [5.74, 6) is -0.336. The van der Waals surface area contributed by atoms with E-state index in [1.165, 1.54) is 12.3 Å². The smallest absolute Gasteiger partial charge is 0.260 e. The Bertz CT molecular complexity index is 523. The fourth-order valence-electron chi connectivity index (χ4n) is 2.31. The molecular weight excluding hydrogens is 248 g/mol. The van der Waals surface area contributed by atoms with E-state index in [9.17, 15) is 14.7 Å². The van der Waals surface area contributed by atoms with Gasteiger partial charge in [-0.1, -0.05) is 0 Å². The molecule has 1 atom stereocenters. The number of carbonyl (C=O) groups is 1. The monoisotopic (exact) mass is 266 g/mol. The van der Waals surface area contributed by atoms with Crippen LogP contribution in [-0.4, -0.2) is 52.3 Å². The number of amides is 1. The Balaban J connectivity index is 2.24. The maximum atomic E-state index is 12.3. The molecule has 1 amide bonds. The van der Waals surface area contributed by atoms with Gasteiger partial charge in [0.25, 0.3) is 11.5 Å². The summed E-state index contributed by atoms with van der Waals surface area (Å²) in [6.07, 6.45) is 1.06. The van der Waals surface area contributed by atoms with Crippen LogP contribution in [0.25, 0.3) is 0 Å². The lowest BCUT2D eigenvalue weighted by molar-refractivity contribution is -0.139. The Hall–Kier alpha value is -1.66. The largest absolute Gasteiger partial charge is 0.394 e. The Morgan fingerprint density at radius 2 is 2.37 bits per heavy atom. The van der Waals surface area contributed by atoms with Crippen molar-refractivity contribution in [3.8, 4) is 0 Å². The van der Waals surface area contributed by atoms with Crippen molar-refractivity contribution in [2.24, 2.45) is 0 Å². The molecule has 1 aliphatic heterocycles. The lowest BCUT2D eigenvalue weighted by Crippen LogP contribution is -2.56. The number of aliphatic hydroxyl groups is 1. The van der Waals surface area contributed by atoms with E-state index in [2.05, 4.69) is 4.98 Å². The van der Waals surface area contributed by atoms with Gasteiger partial charge in [-0.15, -0.1) is 0 Å². The highest BCUT2D eigenvalue weighted by Gasteiger charge is 2.36. The van der Waals surface area contributed by atoms with Crippen LogP contribution in [0.5, 0.6) is 0 Å². The SMILES string of the molecule is CC1(C)CN(C(=O)c2ccc[nH]c2=O)CC(CO)O1. The van der Waals surface area contributed by atoms with Crippen LogP contribution in [0.2, 0.25) is 0 Å². The molecule has 1 aromatic heterocycles. The molecule has 1 saturated heterocycles. The van der Waals surface area contributed by atoms with Gasteiger partial charge >= 0.3 is 0 Å². The van der Waals surface area contributed by atoms with Crippen LogP contribution in [0, 0.1) is 0 Å². The van der Waals surface area contributed by atoms with Gasteiger partial charge in [0.05, 0.1) is 18.3 Å². The van der Waals surface area contributed by atoms with Gasteiger partial charge in [-0.25, -0.2) is 0 Å². The van der Waals surface area contributed by atoms with Crippen LogP contribution in [0.4, 0.5) is 0 Å². The molecule has 1 unspecified atom stereocenters. The maximum absolute atomic E-state index is 12.3. The van der Waals surface area contributed by atoms with Gasteiger partial charge in [-0.2, -0.15) is 0 Å². The minimum atomic E-state index is -0.539. The number of pyridine rings is 1. The molecule has 1 aliphatic rings. The van der Waals surface area contributed by atoms with Crippen LogP contribution in [0.15, 0.2) is 23.1 Å². The normalized spacial score (nSPS) is 22.3. The third-order valence-corrected chi connectivity index (χ3v) is 3.02. The van der Waals surface area contributed by atoms with Gasteiger partial charge in [0.1, 0.15) is 5.56 Å². The van der Waals surface area contributed by atoms with E-state index in [1.807, 2.05) is 13.8 Å². The predicted octanol–water partition coefficient (Wildman–Crippen LogP) is -0.0132. The fourth-order valence-corrected chi connectivity index (χ4v) is 2.31. The van der Waals surface area contributed by atoms with E-state index in [1.54, 1.807) is 11.0 Å². The van der Waals surface area contributed by atoms with Crippen molar-refractivity contribution in [1.82, 2.24) is 9.88 Å². The van der Waals surface area contributed by atoms with Crippen LogP contribution in [0.1, 0.15) is 24.2 Å². The lowest BCUT2D eigenvalue weighted by Gasteiger charge is -2.42. The average molecular weight is 266 g/mol. The number of nitrogens with one attached hydrogen (secondary N) is 1. The molecule has 6 nitrogen and oxygen atoms in total. The zero-order chi connectivity index (χ0) is 14.0. The predicted molar refractivity (Wildman–Crippen MR) is 69.0 cm³/mol. The molecule has 2 N–H and O–H groups in total. The molecule has 0 radical (unpaired) electrons. The van der Waals surface area contributed by atoms with Crippen molar-refractivity contribution in [2.45, 2.75) is 25.6 Å².